The second kappa shape index (κ2) is 10.5. The third kappa shape index (κ3) is 5.84. The van der Waals surface area contributed by atoms with Crippen LogP contribution < -0.4 is 14.8 Å². The van der Waals surface area contributed by atoms with Gasteiger partial charge in [0.05, 0.1) is 23.2 Å². The number of hydrogen-bond acceptors (Lipinski definition) is 5. The Morgan fingerprint density at radius 3 is 2.67 bits per heavy atom. The molecule has 0 spiro atoms. The van der Waals surface area contributed by atoms with Crippen molar-refractivity contribution in [3.63, 3.8) is 0 Å². The van der Waals surface area contributed by atoms with E-state index in [1.807, 2.05) is 19.9 Å². The first kappa shape index (κ1) is 23.0. The van der Waals surface area contributed by atoms with Gasteiger partial charge in [0.1, 0.15) is 11.6 Å². The van der Waals surface area contributed by atoms with Gasteiger partial charge in [-0.3, -0.25) is 4.79 Å². The number of benzene rings is 2. The van der Waals surface area contributed by atoms with Gasteiger partial charge in [0.2, 0.25) is 0 Å². The number of carbonyl (C=O) groups excluding carboxylic acids is 1. The van der Waals surface area contributed by atoms with Crippen LogP contribution in [0.5, 0.6) is 11.5 Å². The molecule has 0 fully saturated rings. The molecule has 0 saturated heterocycles. The Morgan fingerprint density at radius 1 is 1.33 bits per heavy atom. The number of hydrogen-bond donors (Lipinski definition) is 2. The number of rotatable bonds is 8. The summed E-state index contributed by atoms with van der Waals surface area (Å²) in [6, 6.07) is 11.0. The Morgan fingerprint density at radius 2 is 2.07 bits per heavy atom. The fraction of sp³-hybridized carbons (Fsp3) is 0.227. The van der Waals surface area contributed by atoms with E-state index < -0.39 is 11.9 Å². The molecule has 156 valence electrons. The lowest BCUT2D eigenvalue weighted by Gasteiger charge is -2.17. The Labute approximate surface area is 183 Å². The van der Waals surface area contributed by atoms with E-state index in [1.54, 1.807) is 18.2 Å². The Kier molecular flexibility index (Phi) is 8.01. The average Bonchev–Trinajstić information content (AvgIpc) is 2.73. The van der Waals surface area contributed by atoms with Gasteiger partial charge in [0.25, 0.3) is 5.91 Å². The quantitative estimate of drug-likeness (QED) is 0.418. The number of ether oxygens (including phenoxy) is 2. The van der Waals surface area contributed by atoms with Gasteiger partial charge in [0.15, 0.2) is 11.5 Å². The summed E-state index contributed by atoms with van der Waals surface area (Å²) in [5.41, 5.74) is 0.708. The highest BCUT2D eigenvalue weighted by molar-refractivity contribution is 9.10. The molecule has 0 heterocycles. The molecule has 0 radical (unpaired) electrons. The van der Waals surface area contributed by atoms with Gasteiger partial charge < -0.3 is 19.9 Å². The lowest BCUT2D eigenvalue weighted by atomic mass is 10.1. The first-order valence-corrected chi connectivity index (χ1v) is 9.89. The molecule has 0 saturated carbocycles. The average molecular weight is 473 g/mol. The lowest BCUT2D eigenvalue weighted by molar-refractivity contribution is -0.112. The first-order valence-electron chi connectivity index (χ1n) is 9.09. The van der Waals surface area contributed by atoms with Crippen molar-refractivity contribution < 1.29 is 24.2 Å². The summed E-state index contributed by atoms with van der Waals surface area (Å²) in [5, 5.41) is 21.0. The van der Waals surface area contributed by atoms with Crippen LogP contribution in [-0.4, -0.2) is 30.2 Å². The minimum atomic E-state index is -1.11. The Bertz CT molecular complexity index is 1030. The number of amides is 1. The van der Waals surface area contributed by atoms with Crippen molar-refractivity contribution in [1.82, 2.24) is 0 Å². The highest BCUT2D eigenvalue weighted by Gasteiger charge is 2.16. The Hall–Kier alpha value is -3.31. The number of nitrogens with one attached hydrogen (secondary N) is 1. The van der Waals surface area contributed by atoms with Crippen LogP contribution in [-0.2, 0) is 4.79 Å². The number of carbonyl (C=O) groups is 2. The predicted octanol–water partition coefficient (Wildman–Crippen LogP) is 4.88. The molecule has 0 aliphatic heterocycles. The van der Waals surface area contributed by atoms with Gasteiger partial charge in [-0.25, -0.2) is 4.79 Å². The van der Waals surface area contributed by atoms with Crippen molar-refractivity contribution in [2.24, 2.45) is 0 Å². The maximum atomic E-state index is 12.5. The summed E-state index contributed by atoms with van der Waals surface area (Å²) in [6.45, 7) is 3.95. The standard InChI is InChI=1S/C22H21BrN2O5/c1-4-13(2)30-20-18(23)9-14(10-19(20)29-3)8-16(12-24)21(26)25-17-7-5-6-15(11-17)22(27)28/h5-11,13H,4H2,1-3H3,(H,25,26)(H,27,28). The minimum Gasteiger partial charge on any atom is -0.493 e. The summed E-state index contributed by atoms with van der Waals surface area (Å²) < 4.78 is 11.9. The van der Waals surface area contributed by atoms with Crippen molar-refractivity contribution in [2.45, 2.75) is 26.4 Å². The largest absolute Gasteiger partial charge is 0.493 e. The molecule has 0 aliphatic rings. The zero-order valence-electron chi connectivity index (χ0n) is 16.7. The van der Waals surface area contributed by atoms with Crippen molar-refractivity contribution >= 4 is 39.6 Å². The smallest absolute Gasteiger partial charge is 0.335 e. The maximum absolute atomic E-state index is 12.5. The van der Waals surface area contributed by atoms with Crippen molar-refractivity contribution in [3.05, 3.63) is 57.6 Å². The molecule has 30 heavy (non-hydrogen) atoms. The van der Waals surface area contributed by atoms with Crippen LogP contribution in [0, 0.1) is 11.3 Å². The number of carboxylic acids is 1. The zero-order chi connectivity index (χ0) is 22.3. The molecule has 2 rings (SSSR count). The maximum Gasteiger partial charge on any atom is 0.335 e. The van der Waals surface area contributed by atoms with Crippen molar-refractivity contribution in [1.29, 1.82) is 5.26 Å². The van der Waals surface area contributed by atoms with Crippen LogP contribution in [0.3, 0.4) is 0 Å². The predicted molar refractivity (Wildman–Crippen MR) is 117 cm³/mol. The molecule has 1 atom stereocenters. The molecule has 2 aromatic carbocycles. The third-order valence-corrected chi connectivity index (χ3v) is 4.78. The third-order valence-electron chi connectivity index (χ3n) is 4.19. The van der Waals surface area contributed by atoms with Crippen LogP contribution in [0.25, 0.3) is 6.08 Å². The highest BCUT2D eigenvalue weighted by atomic mass is 79.9. The van der Waals surface area contributed by atoms with Crippen LogP contribution in [0.2, 0.25) is 0 Å². The molecular weight excluding hydrogens is 452 g/mol. The molecule has 8 heteroatoms. The van der Waals surface area contributed by atoms with Crippen LogP contribution in [0.15, 0.2) is 46.4 Å². The summed E-state index contributed by atoms with van der Waals surface area (Å²) in [6.07, 6.45) is 2.22. The summed E-state index contributed by atoms with van der Waals surface area (Å²) in [7, 11) is 1.51. The number of nitrogens with zero attached hydrogens (tertiary/aromatic N) is 1. The number of anilines is 1. The molecule has 0 aliphatic carbocycles. The van der Waals surface area contributed by atoms with Gasteiger partial charge in [-0.15, -0.1) is 0 Å². The van der Waals surface area contributed by atoms with Crippen LogP contribution in [0.4, 0.5) is 5.69 Å². The molecule has 2 N–H and O–H groups in total. The van der Waals surface area contributed by atoms with E-state index in [0.717, 1.165) is 6.42 Å². The fourth-order valence-corrected chi connectivity index (χ4v) is 3.02. The molecule has 7 nitrogen and oxygen atoms in total. The number of nitriles is 1. The normalized spacial score (nSPS) is 11.9. The molecule has 0 aromatic heterocycles. The van der Waals surface area contributed by atoms with Crippen molar-refractivity contribution in [2.75, 3.05) is 12.4 Å². The molecule has 0 bridgehead atoms. The number of aromatic carboxylic acids is 1. The van der Waals surface area contributed by atoms with Gasteiger partial charge in [-0.05, 0) is 71.2 Å². The number of carboxylic acid groups (broad SMARTS) is 1. The van der Waals surface area contributed by atoms with Gasteiger partial charge in [0, 0.05) is 5.69 Å². The van der Waals surface area contributed by atoms with Gasteiger partial charge in [-0.2, -0.15) is 5.26 Å². The van der Waals surface area contributed by atoms with Crippen LogP contribution in [0.1, 0.15) is 36.2 Å². The molecule has 1 amide bonds. The Balaban J connectivity index is 2.32. The van der Waals surface area contributed by atoms with E-state index in [-0.39, 0.29) is 22.9 Å². The van der Waals surface area contributed by atoms with E-state index in [9.17, 15) is 14.9 Å². The number of methoxy groups -OCH3 is 1. The monoisotopic (exact) mass is 472 g/mol. The van der Waals surface area contributed by atoms with E-state index in [0.29, 0.717) is 21.5 Å². The second-order valence-electron chi connectivity index (χ2n) is 6.38. The van der Waals surface area contributed by atoms with Gasteiger partial charge in [-0.1, -0.05) is 13.0 Å². The van der Waals surface area contributed by atoms with E-state index in [2.05, 4.69) is 21.2 Å². The van der Waals surface area contributed by atoms with Crippen LogP contribution >= 0.6 is 15.9 Å². The zero-order valence-corrected chi connectivity index (χ0v) is 18.3. The van der Waals surface area contributed by atoms with Gasteiger partial charge >= 0.3 is 5.97 Å². The molecule has 2 aromatic rings. The summed E-state index contributed by atoms with van der Waals surface area (Å²) in [4.78, 5) is 23.6. The van der Waals surface area contributed by atoms with E-state index in [1.165, 1.54) is 31.4 Å². The highest BCUT2D eigenvalue weighted by Crippen LogP contribution is 2.38. The van der Waals surface area contributed by atoms with Crippen molar-refractivity contribution in [3.8, 4) is 17.6 Å². The van der Waals surface area contributed by atoms with E-state index in [4.69, 9.17) is 14.6 Å². The first-order chi connectivity index (χ1) is 14.3. The molecule has 1 unspecified atom stereocenters. The molecular formula is C22H21BrN2O5. The fourth-order valence-electron chi connectivity index (χ4n) is 2.47. The number of halogens is 1. The summed E-state index contributed by atoms with van der Waals surface area (Å²) in [5.74, 6) is -0.769. The lowest BCUT2D eigenvalue weighted by Crippen LogP contribution is -2.14. The minimum absolute atomic E-state index is 0.0152. The van der Waals surface area contributed by atoms with E-state index >= 15 is 0 Å². The SMILES string of the molecule is CCC(C)Oc1c(Br)cc(C=C(C#N)C(=O)Nc2cccc(C(=O)O)c2)cc1OC. The topological polar surface area (TPSA) is 109 Å². The second-order valence-corrected chi connectivity index (χ2v) is 7.24. The summed E-state index contributed by atoms with van der Waals surface area (Å²) >= 11 is 3.45.